The van der Waals surface area contributed by atoms with Crippen molar-refractivity contribution >= 4 is 72.6 Å². The Bertz CT molecular complexity index is 713. The van der Waals surface area contributed by atoms with Crippen LogP contribution < -0.4 is 0 Å². The summed E-state index contributed by atoms with van der Waals surface area (Å²) >= 11 is 5.25. The Hall–Kier alpha value is 0.400. The van der Waals surface area contributed by atoms with E-state index in [-0.39, 0.29) is 34.5 Å². The van der Waals surface area contributed by atoms with E-state index in [1.54, 1.807) is 32.8 Å². The van der Waals surface area contributed by atoms with E-state index in [1.807, 2.05) is 6.92 Å². The number of aryl methyl sites for hydroxylation is 1. The van der Waals surface area contributed by atoms with E-state index in [2.05, 4.69) is 0 Å². The predicted octanol–water partition coefficient (Wildman–Crippen LogP) is 3.04. The molecule has 19 heavy (non-hydrogen) atoms. The second kappa shape index (κ2) is 6.91. The van der Waals surface area contributed by atoms with Crippen LogP contribution in [0.25, 0.3) is 0 Å². The summed E-state index contributed by atoms with van der Waals surface area (Å²) in [5, 5.41) is 0. The normalized spacial score (nSPS) is 11.1. The first-order valence-electron chi connectivity index (χ1n) is 5.03. The van der Waals surface area contributed by atoms with Crippen LogP contribution in [0.3, 0.4) is 0 Å². The Morgan fingerprint density at radius 3 is 2.21 bits per heavy atom. The molecule has 3 nitrogen and oxygen atoms in total. The standard InChI is InChI=1S/C11H10O3S4.Na.H/c1-7-10(11(15)17-16-7)6-8-2-4-9(5-3-8)18(12,13)14;;/h2-5H,6H2,1H3,(H,12,13,14);;. The molecule has 1 N–H and O–H groups in total. The first kappa shape index (κ1) is 17.5. The van der Waals surface area contributed by atoms with Gasteiger partial charge in [0.05, 0.1) is 4.90 Å². The van der Waals surface area contributed by atoms with Gasteiger partial charge in [0.2, 0.25) is 0 Å². The number of hydrogen-bond acceptors (Lipinski definition) is 5. The zero-order chi connectivity index (χ0) is 13.3. The molecular formula is C11H11NaO3S4. The Morgan fingerprint density at radius 1 is 1.21 bits per heavy atom. The fourth-order valence-electron chi connectivity index (χ4n) is 1.52. The van der Waals surface area contributed by atoms with Gasteiger partial charge in [-0.1, -0.05) is 45.0 Å². The molecule has 8 heteroatoms. The second-order valence-electron chi connectivity index (χ2n) is 3.78. The summed E-state index contributed by atoms with van der Waals surface area (Å²) in [7, 11) is -0.877. The molecule has 0 aliphatic heterocycles. The van der Waals surface area contributed by atoms with Gasteiger partial charge in [0.1, 0.15) is 3.82 Å². The van der Waals surface area contributed by atoms with E-state index in [9.17, 15) is 8.42 Å². The van der Waals surface area contributed by atoms with Crippen molar-refractivity contribution in [2.24, 2.45) is 0 Å². The average Bonchev–Trinajstić information content (AvgIpc) is 2.60. The van der Waals surface area contributed by atoms with E-state index in [0.717, 1.165) is 15.0 Å². The topological polar surface area (TPSA) is 54.4 Å². The van der Waals surface area contributed by atoms with Gasteiger partial charge in [0, 0.05) is 11.3 Å². The zero-order valence-corrected chi connectivity index (χ0v) is 12.7. The second-order valence-corrected chi connectivity index (χ2v) is 8.23. The fourth-order valence-corrected chi connectivity index (χ4v) is 4.67. The molecule has 98 valence electrons. The monoisotopic (exact) mass is 342 g/mol. The molecule has 0 bridgehead atoms. The van der Waals surface area contributed by atoms with E-state index in [0.29, 0.717) is 6.42 Å². The summed E-state index contributed by atoms with van der Waals surface area (Å²) < 4.78 is 31.6. The molecule has 0 spiro atoms. The summed E-state index contributed by atoms with van der Waals surface area (Å²) in [5.74, 6) is 0. The third-order valence-electron chi connectivity index (χ3n) is 2.52. The van der Waals surface area contributed by atoms with Gasteiger partial charge >= 0.3 is 29.6 Å². The summed E-state index contributed by atoms with van der Waals surface area (Å²) in [4.78, 5) is 1.11. The van der Waals surface area contributed by atoms with Crippen molar-refractivity contribution in [1.82, 2.24) is 0 Å². The van der Waals surface area contributed by atoms with Crippen LogP contribution in [-0.2, 0) is 16.5 Å². The van der Waals surface area contributed by atoms with Crippen LogP contribution in [0.1, 0.15) is 16.0 Å². The maximum absolute atomic E-state index is 10.9. The minimum atomic E-state index is -4.11. The van der Waals surface area contributed by atoms with Crippen molar-refractivity contribution in [1.29, 1.82) is 0 Å². The molecule has 0 aliphatic rings. The van der Waals surface area contributed by atoms with Gasteiger partial charge in [0.25, 0.3) is 10.1 Å². The van der Waals surface area contributed by atoms with Crippen molar-refractivity contribution in [3.05, 3.63) is 44.1 Å². The van der Waals surface area contributed by atoms with E-state index in [4.69, 9.17) is 16.8 Å². The van der Waals surface area contributed by atoms with Gasteiger partial charge < -0.3 is 0 Å². The van der Waals surface area contributed by atoms with E-state index < -0.39 is 10.1 Å². The van der Waals surface area contributed by atoms with Crippen molar-refractivity contribution in [2.75, 3.05) is 0 Å². The molecule has 0 saturated carbocycles. The quantitative estimate of drug-likeness (QED) is 0.403. The predicted molar refractivity (Wildman–Crippen MR) is 84.0 cm³/mol. The molecule has 0 unspecified atom stereocenters. The van der Waals surface area contributed by atoms with Crippen molar-refractivity contribution in [3.63, 3.8) is 0 Å². The van der Waals surface area contributed by atoms with Gasteiger partial charge in [0.15, 0.2) is 0 Å². The van der Waals surface area contributed by atoms with Crippen LogP contribution >= 0.6 is 32.9 Å². The average molecular weight is 342 g/mol. The van der Waals surface area contributed by atoms with Gasteiger partial charge in [-0.2, -0.15) is 8.42 Å². The molecular weight excluding hydrogens is 331 g/mol. The number of hydrogen-bond donors (Lipinski definition) is 1. The van der Waals surface area contributed by atoms with Gasteiger partial charge in [-0.3, -0.25) is 4.55 Å². The van der Waals surface area contributed by atoms with Crippen molar-refractivity contribution < 1.29 is 13.0 Å². The minimum absolute atomic E-state index is 0. The molecule has 2 aromatic rings. The van der Waals surface area contributed by atoms with Crippen LogP contribution in [0.5, 0.6) is 0 Å². The molecule has 0 fully saturated rings. The maximum atomic E-state index is 10.9. The SMILES string of the molecule is Cc1ssc(=S)c1Cc1ccc(S(=O)(=O)O)cc1.[NaH]. The molecule has 0 atom stereocenters. The summed E-state index contributed by atoms with van der Waals surface area (Å²) in [6.45, 7) is 2.03. The van der Waals surface area contributed by atoms with Crippen LogP contribution in [0.15, 0.2) is 29.2 Å². The third-order valence-corrected chi connectivity index (χ3v) is 6.67. The Labute approximate surface area is 146 Å². The summed E-state index contributed by atoms with van der Waals surface area (Å²) in [5.41, 5.74) is 2.10. The fraction of sp³-hybridized carbons (Fsp3) is 0.182. The van der Waals surface area contributed by atoms with E-state index in [1.165, 1.54) is 17.0 Å². The molecule has 0 aliphatic carbocycles. The summed E-state index contributed by atoms with van der Waals surface area (Å²) in [6.07, 6.45) is 0.691. The van der Waals surface area contributed by atoms with Gasteiger partial charge in [-0.05, 0) is 30.2 Å². The van der Waals surface area contributed by atoms with Gasteiger partial charge in [-0.15, -0.1) is 0 Å². The van der Waals surface area contributed by atoms with Crippen molar-refractivity contribution in [3.8, 4) is 0 Å². The molecule has 0 saturated heterocycles. The third kappa shape index (κ3) is 4.44. The number of benzene rings is 1. The number of rotatable bonds is 3. The molecule has 1 heterocycles. The van der Waals surface area contributed by atoms with Crippen LogP contribution in [-0.4, -0.2) is 42.5 Å². The first-order valence-corrected chi connectivity index (χ1v) is 9.03. The zero-order valence-electron chi connectivity index (χ0n) is 9.41. The Balaban J connectivity index is 0.00000180. The van der Waals surface area contributed by atoms with Gasteiger partial charge in [-0.25, -0.2) is 0 Å². The summed E-state index contributed by atoms with van der Waals surface area (Å²) in [6, 6.07) is 6.19. The molecule has 1 aromatic heterocycles. The Kier molecular flexibility index (Phi) is 6.34. The van der Waals surface area contributed by atoms with Crippen LogP contribution in [0.4, 0.5) is 0 Å². The van der Waals surface area contributed by atoms with E-state index >= 15 is 0 Å². The Morgan fingerprint density at radius 2 is 1.79 bits per heavy atom. The molecule has 0 radical (unpaired) electrons. The molecule has 1 aromatic carbocycles. The van der Waals surface area contributed by atoms with Crippen LogP contribution in [0, 0.1) is 10.7 Å². The van der Waals surface area contributed by atoms with Crippen molar-refractivity contribution in [2.45, 2.75) is 18.2 Å². The van der Waals surface area contributed by atoms with Crippen LogP contribution in [0.2, 0.25) is 0 Å². The molecule has 0 amide bonds. The first-order chi connectivity index (χ1) is 8.38. The molecule has 2 rings (SSSR count).